The molecule has 0 radical (unpaired) electrons. The molecule has 3 rings (SSSR count). The van der Waals surface area contributed by atoms with Gasteiger partial charge in [0.05, 0.1) is 11.9 Å². The Morgan fingerprint density at radius 3 is 2.11 bits per heavy atom. The lowest BCUT2D eigenvalue weighted by Gasteiger charge is -2.10. The third kappa shape index (κ3) is 7.88. The van der Waals surface area contributed by atoms with Crippen molar-refractivity contribution < 1.29 is 27.5 Å². The number of benzene rings is 3. The van der Waals surface area contributed by atoms with E-state index in [1.165, 1.54) is 30.5 Å². The summed E-state index contributed by atoms with van der Waals surface area (Å²) in [6.45, 7) is 5.48. The van der Waals surface area contributed by atoms with Crippen molar-refractivity contribution in [2.75, 3.05) is 5.32 Å². The predicted octanol–water partition coefficient (Wildman–Crippen LogP) is 6.16. The fraction of sp³-hybridized carbons (Fsp3) is 0.160. The number of carbonyl (C=O) groups excluding carboxylic acids is 1. The fourth-order valence-electron chi connectivity index (χ4n) is 3.00. The van der Waals surface area contributed by atoms with E-state index in [0.29, 0.717) is 22.6 Å². The second kappa shape index (κ2) is 11.2. The third-order valence-electron chi connectivity index (χ3n) is 4.77. The maximum Gasteiger partial charge on any atom is 0.573 e. The number of para-hydroxylation sites is 1. The smallest absolute Gasteiger partial charge is 0.406 e. The van der Waals surface area contributed by atoms with E-state index < -0.39 is 12.4 Å². The van der Waals surface area contributed by atoms with Crippen molar-refractivity contribution in [1.29, 1.82) is 0 Å². The summed E-state index contributed by atoms with van der Waals surface area (Å²) >= 11 is 0. The van der Waals surface area contributed by atoms with Gasteiger partial charge in [0, 0.05) is 5.69 Å². The first-order valence-electron chi connectivity index (χ1n) is 10.4. The molecule has 0 bridgehead atoms. The minimum absolute atomic E-state index is 0.315. The maximum atomic E-state index is 12.3. The molecule has 0 unspecified atom stereocenters. The summed E-state index contributed by atoms with van der Waals surface area (Å²) in [4.78, 5) is 17.5. The van der Waals surface area contributed by atoms with Gasteiger partial charge in [0.1, 0.15) is 5.75 Å². The van der Waals surface area contributed by atoms with Crippen LogP contribution in [0.4, 0.5) is 23.7 Å². The number of rotatable bonds is 7. The normalized spacial score (nSPS) is 11.9. The molecule has 3 aromatic carbocycles. The molecule has 35 heavy (non-hydrogen) atoms. The summed E-state index contributed by atoms with van der Waals surface area (Å²) in [7, 11) is 0. The summed E-state index contributed by atoms with van der Waals surface area (Å²) in [6.07, 6.45) is -3.26. The van der Waals surface area contributed by atoms with Crippen LogP contribution in [0.5, 0.6) is 11.5 Å². The first-order chi connectivity index (χ1) is 16.6. The van der Waals surface area contributed by atoms with Crippen molar-refractivity contribution in [3.8, 4) is 11.5 Å². The van der Waals surface area contributed by atoms with Crippen molar-refractivity contribution in [1.82, 2.24) is 5.43 Å². The van der Waals surface area contributed by atoms with E-state index in [2.05, 4.69) is 25.7 Å². The van der Waals surface area contributed by atoms with Gasteiger partial charge >= 0.3 is 12.4 Å². The number of urea groups is 1. The molecule has 7 nitrogen and oxygen atoms in total. The van der Waals surface area contributed by atoms with Gasteiger partial charge in [-0.15, -0.1) is 13.2 Å². The first-order valence-corrected chi connectivity index (χ1v) is 10.4. The van der Waals surface area contributed by atoms with Crippen molar-refractivity contribution >= 4 is 23.6 Å². The largest absolute Gasteiger partial charge is 0.573 e. The second-order valence-corrected chi connectivity index (χ2v) is 7.50. The molecule has 2 N–H and O–H groups in total. The van der Waals surface area contributed by atoms with Gasteiger partial charge in [-0.3, -0.25) is 0 Å². The molecule has 0 fully saturated rings. The zero-order valence-corrected chi connectivity index (χ0v) is 19.2. The number of nitrogens with one attached hydrogen (secondary N) is 2. The van der Waals surface area contributed by atoms with E-state index in [4.69, 9.17) is 4.84 Å². The summed E-state index contributed by atoms with van der Waals surface area (Å²) in [5, 5.41) is 10.7. The molecule has 10 heteroatoms. The molecular weight excluding hydrogens is 461 g/mol. The molecule has 0 spiro atoms. The fourth-order valence-corrected chi connectivity index (χ4v) is 3.00. The lowest BCUT2D eigenvalue weighted by molar-refractivity contribution is -0.274. The minimum atomic E-state index is -4.74. The summed E-state index contributed by atoms with van der Waals surface area (Å²) < 4.78 is 40.6. The lowest BCUT2D eigenvalue weighted by atomic mass is 10.1. The highest BCUT2D eigenvalue weighted by Gasteiger charge is 2.30. The van der Waals surface area contributed by atoms with Gasteiger partial charge in [0.2, 0.25) is 0 Å². The Bertz CT molecular complexity index is 1200. The number of hydrogen-bond donors (Lipinski definition) is 2. The Hall–Kier alpha value is -4.34. The van der Waals surface area contributed by atoms with Gasteiger partial charge in [-0.1, -0.05) is 23.4 Å². The number of alkyl halides is 3. The highest BCUT2D eigenvalue weighted by atomic mass is 19.4. The van der Waals surface area contributed by atoms with Crippen LogP contribution in [0.2, 0.25) is 0 Å². The van der Waals surface area contributed by atoms with Crippen LogP contribution in [0.3, 0.4) is 0 Å². The number of hydrazone groups is 1. The monoisotopic (exact) mass is 484 g/mol. The molecule has 0 heterocycles. The van der Waals surface area contributed by atoms with Crippen molar-refractivity contribution in [3.63, 3.8) is 0 Å². The zero-order valence-electron chi connectivity index (χ0n) is 19.2. The van der Waals surface area contributed by atoms with Crippen LogP contribution in [-0.4, -0.2) is 24.3 Å². The number of ether oxygens (including phenoxy) is 1. The standard InChI is InChI=1S/C25H23F3N4O3/c1-16-5-4-6-17(2)23(16)30-24(33)31-29-15-19-7-11-22(12-8-19)35-32-18(3)20-9-13-21(14-10-20)34-25(26,27)28/h4-15H,1-3H3,(H2,30,31,33)/b29-15+,32-18-. The number of oxime groups is 1. The lowest BCUT2D eigenvalue weighted by Crippen LogP contribution is -2.25. The highest BCUT2D eigenvalue weighted by Crippen LogP contribution is 2.23. The van der Waals surface area contributed by atoms with Crippen molar-refractivity contribution in [2.45, 2.75) is 27.1 Å². The Morgan fingerprint density at radius 2 is 1.51 bits per heavy atom. The molecule has 0 aliphatic carbocycles. The molecule has 0 atom stereocenters. The molecule has 0 saturated carbocycles. The quantitative estimate of drug-likeness (QED) is 0.311. The number of aryl methyl sites for hydroxylation is 2. The summed E-state index contributed by atoms with van der Waals surface area (Å²) in [5.41, 5.74) is 6.81. The van der Waals surface area contributed by atoms with Crippen LogP contribution in [0.1, 0.15) is 29.2 Å². The van der Waals surface area contributed by atoms with E-state index in [0.717, 1.165) is 16.8 Å². The minimum Gasteiger partial charge on any atom is -0.406 e. The SMILES string of the molecule is C/C(=N/Oc1ccc(/C=N/NC(=O)Nc2c(C)cccc2C)cc1)c1ccc(OC(F)(F)F)cc1. The topological polar surface area (TPSA) is 84.3 Å². The van der Waals surface area contributed by atoms with E-state index in [1.807, 2.05) is 32.0 Å². The first kappa shape index (κ1) is 25.3. The van der Waals surface area contributed by atoms with E-state index in [-0.39, 0.29) is 5.75 Å². The molecule has 182 valence electrons. The molecular formula is C25H23F3N4O3. The van der Waals surface area contributed by atoms with Crippen LogP contribution >= 0.6 is 0 Å². The van der Waals surface area contributed by atoms with Crippen LogP contribution in [-0.2, 0) is 0 Å². The van der Waals surface area contributed by atoms with Crippen LogP contribution in [0, 0.1) is 13.8 Å². The zero-order chi connectivity index (χ0) is 25.4. The number of halogens is 3. The number of carbonyl (C=O) groups is 1. The molecule has 3 aromatic rings. The Balaban J connectivity index is 1.51. The van der Waals surface area contributed by atoms with Crippen LogP contribution in [0.25, 0.3) is 0 Å². The maximum absolute atomic E-state index is 12.3. The van der Waals surface area contributed by atoms with E-state index >= 15 is 0 Å². The highest BCUT2D eigenvalue weighted by molar-refractivity contribution is 5.98. The van der Waals surface area contributed by atoms with Crippen molar-refractivity contribution in [3.05, 3.63) is 89.0 Å². The Kier molecular flexibility index (Phi) is 8.08. The Labute approximate surface area is 200 Å². The molecule has 0 aliphatic heterocycles. The predicted molar refractivity (Wildman–Crippen MR) is 128 cm³/mol. The van der Waals surface area contributed by atoms with E-state index in [1.54, 1.807) is 31.2 Å². The van der Waals surface area contributed by atoms with Gasteiger partial charge in [0.15, 0.2) is 5.75 Å². The van der Waals surface area contributed by atoms with Crippen LogP contribution in [0.15, 0.2) is 77.0 Å². The molecule has 2 amide bonds. The van der Waals surface area contributed by atoms with Gasteiger partial charge in [-0.05, 0) is 91.6 Å². The summed E-state index contributed by atoms with van der Waals surface area (Å²) in [6, 6.07) is 17.3. The third-order valence-corrected chi connectivity index (χ3v) is 4.77. The summed E-state index contributed by atoms with van der Waals surface area (Å²) in [5.74, 6) is 0.128. The van der Waals surface area contributed by atoms with Gasteiger partial charge in [0.25, 0.3) is 0 Å². The number of anilines is 1. The number of hydrogen-bond acceptors (Lipinski definition) is 5. The van der Waals surface area contributed by atoms with Gasteiger partial charge in [-0.25, -0.2) is 10.2 Å². The number of amides is 2. The Morgan fingerprint density at radius 1 is 0.914 bits per heavy atom. The molecule has 0 aromatic heterocycles. The van der Waals surface area contributed by atoms with Gasteiger partial charge < -0.3 is 14.9 Å². The average Bonchev–Trinajstić information content (AvgIpc) is 2.80. The van der Waals surface area contributed by atoms with Crippen molar-refractivity contribution in [2.24, 2.45) is 10.3 Å². The molecule has 0 saturated heterocycles. The van der Waals surface area contributed by atoms with E-state index in [9.17, 15) is 18.0 Å². The number of nitrogens with zero attached hydrogens (tertiary/aromatic N) is 2. The molecule has 0 aliphatic rings. The van der Waals surface area contributed by atoms with Gasteiger partial charge in [-0.2, -0.15) is 5.10 Å². The average molecular weight is 484 g/mol. The second-order valence-electron chi connectivity index (χ2n) is 7.50. The van der Waals surface area contributed by atoms with Crippen LogP contribution < -0.4 is 20.3 Å².